The molecule has 0 radical (unpaired) electrons. The van der Waals surface area contributed by atoms with Crippen LogP contribution in [0.2, 0.25) is 0 Å². The molecule has 1 atom stereocenters. The summed E-state index contributed by atoms with van der Waals surface area (Å²) in [6.45, 7) is 6.18. The van der Waals surface area contributed by atoms with Gasteiger partial charge in [0.1, 0.15) is 6.29 Å². The van der Waals surface area contributed by atoms with E-state index in [9.17, 15) is 4.79 Å². The largest absolute Gasteiger partial charge is 0.303 e. The third kappa shape index (κ3) is 5.54. The van der Waals surface area contributed by atoms with Gasteiger partial charge in [0.15, 0.2) is 0 Å². The molecule has 0 rings (SSSR count). The van der Waals surface area contributed by atoms with Crippen LogP contribution in [0.15, 0.2) is 12.2 Å². The summed E-state index contributed by atoms with van der Waals surface area (Å²) >= 11 is 0. The fraction of sp³-hybridized carbons (Fsp3) is 0.667. The zero-order valence-electron chi connectivity index (χ0n) is 7.00. The first-order valence-electron chi connectivity index (χ1n) is 3.78. The molecule has 0 N–H and O–H groups in total. The van der Waals surface area contributed by atoms with E-state index in [1.165, 1.54) is 0 Å². The summed E-state index contributed by atoms with van der Waals surface area (Å²) < 4.78 is 0. The highest BCUT2D eigenvalue weighted by atomic mass is 16.1. The SMILES string of the molecule is CC(C)C=CCC(C)C=O. The first kappa shape index (κ1) is 9.41. The lowest BCUT2D eigenvalue weighted by Crippen LogP contribution is -1.92. The summed E-state index contributed by atoms with van der Waals surface area (Å²) in [5.41, 5.74) is 0. The van der Waals surface area contributed by atoms with E-state index in [1.54, 1.807) is 0 Å². The molecule has 58 valence electrons. The fourth-order valence-electron chi connectivity index (χ4n) is 0.621. The van der Waals surface area contributed by atoms with Crippen LogP contribution in [-0.4, -0.2) is 6.29 Å². The highest BCUT2D eigenvalue weighted by Gasteiger charge is 1.93. The van der Waals surface area contributed by atoms with Crippen LogP contribution in [-0.2, 0) is 4.79 Å². The lowest BCUT2D eigenvalue weighted by atomic mass is 10.1. The van der Waals surface area contributed by atoms with Crippen LogP contribution >= 0.6 is 0 Å². The van der Waals surface area contributed by atoms with Crippen molar-refractivity contribution in [3.05, 3.63) is 12.2 Å². The fourth-order valence-corrected chi connectivity index (χ4v) is 0.621. The van der Waals surface area contributed by atoms with Gasteiger partial charge in [0.2, 0.25) is 0 Å². The first-order chi connectivity index (χ1) is 4.66. The highest BCUT2D eigenvalue weighted by molar-refractivity contribution is 5.52. The quantitative estimate of drug-likeness (QED) is 0.433. The Kier molecular flexibility index (Phi) is 4.91. The lowest BCUT2D eigenvalue weighted by Gasteiger charge is -1.96. The predicted octanol–water partition coefficient (Wildman–Crippen LogP) is 2.42. The van der Waals surface area contributed by atoms with E-state index in [2.05, 4.69) is 26.0 Å². The van der Waals surface area contributed by atoms with Gasteiger partial charge in [-0.25, -0.2) is 0 Å². The van der Waals surface area contributed by atoms with Crippen molar-refractivity contribution in [2.45, 2.75) is 27.2 Å². The minimum absolute atomic E-state index is 0.176. The standard InChI is InChI=1S/C9H16O/c1-8(2)5-4-6-9(3)7-10/h4-5,7-9H,6H2,1-3H3. The average molecular weight is 140 g/mol. The van der Waals surface area contributed by atoms with Gasteiger partial charge in [-0.05, 0) is 12.3 Å². The average Bonchev–Trinajstić information content (AvgIpc) is 1.87. The zero-order chi connectivity index (χ0) is 7.98. The van der Waals surface area contributed by atoms with Crippen LogP contribution in [0.5, 0.6) is 0 Å². The number of aldehydes is 1. The molecule has 0 saturated heterocycles. The van der Waals surface area contributed by atoms with Crippen LogP contribution < -0.4 is 0 Å². The van der Waals surface area contributed by atoms with E-state index >= 15 is 0 Å². The Labute approximate surface area is 63.1 Å². The molecule has 10 heavy (non-hydrogen) atoms. The highest BCUT2D eigenvalue weighted by Crippen LogP contribution is 2.01. The van der Waals surface area contributed by atoms with Crippen molar-refractivity contribution in [2.24, 2.45) is 11.8 Å². The van der Waals surface area contributed by atoms with Crippen LogP contribution in [0.1, 0.15) is 27.2 Å². The molecule has 0 heterocycles. The molecule has 0 fully saturated rings. The molecule has 1 nitrogen and oxygen atoms in total. The molecular weight excluding hydrogens is 124 g/mol. The second kappa shape index (κ2) is 5.21. The molecular formula is C9H16O. The molecule has 0 aromatic heterocycles. The summed E-state index contributed by atoms with van der Waals surface area (Å²) in [4.78, 5) is 10.1. The van der Waals surface area contributed by atoms with Crippen molar-refractivity contribution in [1.29, 1.82) is 0 Å². The Bertz CT molecular complexity index is 114. The van der Waals surface area contributed by atoms with Crippen molar-refractivity contribution in [2.75, 3.05) is 0 Å². The summed E-state index contributed by atoms with van der Waals surface area (Å²) in [6, 6.07) is 0. The van der Waals surface area contributed by atoms with Crippen molar-refractivity contribution in [3.63, 3.8) is 0 Å². The molecule has 0 amide bonds. The molecule has 0 saturated carbocycles. The molecule has 0 aliphatic heterocycles. The van der Waals surface area contributed by atoms with Crippen LogP contribution in [0, 0.1) is 11.8 Å². The summed E-state index contributed by atoms with van der Waals surface area (Å²) in [5, 5.41) is 0. The molecule has 1 heteroatoms. The van der Waals surface area contributed by atoms with Crippen LogP contribution in [0.25, 0.3) is 0 Å². The minimum Gasteiger partial charge on any atom is -0.303 e. The number of allylic oxidation sites excluding steroid dienone is 2. The Morgan fingerprint density at radius 2 is 1.90 bits per heavy atom. The molecule has 1 unspecified atom stereocenters. The van der Waals surface area contributed by atoms with Crippen molar-refractivity contribution < 1.29 is 4.79 Å². The number of rotatable bonds is 4. The van der Waals surface area contributed by atoms with Gasteiger partial charge in [-0.2, -0.15) is 0 Å². The number of hydrogen-bond donors (Lipinski definition) is 0. The molecule has 0 bridgehead atoms. The second-order valence-electron chi connectivity index (χ2n) is 3.02. The van der Waals surface area contributed by atoms with Crippen LogP contribution in [0.3, 0.4) is 0 Å². The summed E-state index contributed by atoms with van der Waals surface area (Å²) in [7, 11) is 0. The topological polar surface area (TPSA) is 17.1 Å². The second-order valence-corrected chi connectivity index (χ2v) is 3.02. The van der Waals surface area contributed by atoms with E-state index in [0.717, 1.165) is 12.7 Å². The third-order valence-electron chi connectivity index (χ3n) is 1.26. The maximum atomic E-state index is 10.1. The molecule has 0 aliphatic carbocycles. The van der Waals surface area contributed by atoms with E-state index in [4.69, 9.17) is 0 Å². The number of hydrogen-bond acceptors (Lipinski definition) is 1. The minimum atomic E-state index is 0.176. The normalized spacial score (nSPS) is 14.4. The van der Waals surface area contributed by atoms with Gasteiger partial charge in [-0.1, -0.05) is 32.9 Å². The van der Waals surface area contributed by atoms with Crippen LogP contribution in [0.4, 0.5) is 0 Å². The zero-order valence-corrected chi connectivity index (χ0v) is 7.00. The van der Waals surface area contributed by atoms with E-state index in [1.807, 2.05) is 6.92 Å². The van der Waals surface area contributed by atoms with Gasteiger partial charge in [0.25, 0.3) is 0 Å². The van der Waals surface area contributed by atoms with Gasteiger partial charge < -0.3 is 4.79 Å². The Hall–Kier alpha value is -0.590. The molecule has 0 aromatic rings. The van der Waals surface area contributed by atoms with Gasteiger partial charge in [0.05, 0.1) is 0 Å². The molecule has 0 spiro atoms. The lowest BCUT2D eigenvalue weighted by molar-refractivity contribution is -0.110. The van der Waals surface area contributed by atoms with Gasteiger partial charge >= 0.3 is 0 Å². The third-order valence-corrected chi connectivity index (χ3v) is 1.26. The molecule has 0 aromatic carbocycles. The number of carbonyl (C=O) groups is 1. The molecule has 0 aliphatic rings. The van der Waals surface area contributed by atoms with E-state index in [-0.39, 0.29) is 5.92 Å². The van der Waals surface area contributed by atoms with Gasteiger partial charge in [-0.15, -0.1) is 0 Å². The Balaban J connectivity index is 3.42. The van der Waals surface area contributed by atoms with E-state index < -0.39 is 0 Å². The monoisotopic (exact) mass is 140 g/mol. The van der Waals surface area contributed by atoms with Crippen molar-refractivity contribution >= 4 is 6.29 Å². The Morgan fingerprint density at radius 3 is 2.30 bits per heavy atom. The Morgan fingerprint density at radius 1 is 1.30 bits per heavy atom. The van der Waals surface area contributed by atoms with Gasteiger partial charge in [-0.3, -0.25) is 0 Å². The predicted molar refractivity (Wildman–Crippen MR) is 43.8 cm³/mol. The van der Waals surface area contributed by atoms with Crippen molar-refractivity contribution in [1.82, 2.24) is 0 Å². The summed E-state index contributed by atoms with van der Waals surface area (Å²) in [6.07, 6.45) is 6.07. The van der Waals surface area contributed by atoms with Gasteiger partial charge in [0, 0.05) is 5.92 Å². The first-order valence-corrected chi connectivity index (χ1v) is 3.78. The smallest absolute Gasteiger partial charge is 0.123 e. The van der Waals surface area contributed by atoms with Crippen molar-refractivity contribution in [3.8, 4) is 0 Å². The number of carbonyl (C=O) groups excluding carboxylic acids is 1. The maximum absolute atomic E-state index is 10.1. The van der Waals surface area contributed by atoms with E-state index in [0.29, 0.717) is 5.92 Å². The maximum Gasteiger partial charge on any atom is 0.123 e. The summed E-state index contributed by atoms with van der Waals surface area (Å²) in [5.74, 6) is 0.772.